The number of aromatic nitrogens is 2. The van der Waals surface area contributed by atoms with Gasteiger partial charge in [-0.3, -0.25) is 4.79 Å². The number of carbonyl (C=O) groups is 1. The summed E-state index contributed by atoms with van der Waals surface area (Å²) < 4.78 is 5.47. The van der Waals surface area contributed by atoms with Gasteiger partial charge in [-0.15, -0.1) is 0 Å². The van der Waals surface area contributed by atoms with E-state index in [1.165, 1.54) is 5.56 Å². The zero-order valence-corrected chi connectivity index (χ0v) is 14.5. The third kappa shape index (κ3) is 3.72. The van der Waals surface area contributed by atoms with Gasteiger partial charge in [0.1, 0.15) is 0 Å². The second kappa shape index (κ2) is 6.99. The number of likely N-dealkylation sites (tertiary alicyclic amines) is 1. The molecule has 1 saturated heterocycles. The highest BCUT2D eigenvalue weighted by Gasteiger charge is 2.27. The third-order valence-electron chi connectivity index (χ3n) is 4.32. The smallest absolute Gasteiger partial charge is 0.246 e. The van der Waals surface area contributed by atoms with Gasteiger partial charge in [-0.1, -0.05) is 40.6 Å². The highest BCUT2D eigenvalue weighted by molar-refractivity contribution is 5.88. The first-order valence-corrected chi connectivity index (χ1v) is 8.37. The van der Waals surface area contributed by atoms with E-state index in [-0.39, 0.29) is 11.8 Å². The fourth-order valence-corrected chi connectivity index (χ4v) is 2.91. The lowest BCUT2D eigenvalue weighted by Gasteiger charge is -2.29. The summed E-state index contributed by atoms with van der Waals surface area (Å²) in [5, 5.41) is 4.11. The first-order chi connectivity index (χ1) is 11.5. The van der Waals surface area contributed by atoms with E-state index in [1.54, 1.807) is 6.08 Å². The first-order valence-electron chi connectivity index (χ1n) is 8.37. The van der Waals surface area contributed by atoms with Crippen LogP contribution < -0.4 is 0 Å². The highest BCUT2D eigenvalue weighted by atomic mass is 16.5. The standard InChI is InChI=1S/C19H23N3O2/c1-13(2)12-17(23)22-10-8-16(9-11-22)19-20-18(21-24-19)15-6-4-14(3)5-7-15/h4-7,12,16H,8-11H2,1-3H3. The number of carbonyl (C=O) groups excluding carboxylic acids is 1. The summed E-state index contributed by atoms with van der Waals surface area (Å²) in [5.74, 6) is 1.64. The minimum Gasteiger partial charge on any atom is -0.339 e. The summed E-state index contributed by atoms with van der Waals surface area (Å²) in [6, 6.07) is 8.09. The summed E-state index contributed by atoms with van der Waals surface area (Å²) in [7, 11) is 0. The molecule has 24 heavy (non-hydrogen) atoms. The molecule has 1 aliphatic rings. The summed E-state index contributed by atoms with van der Waals surface area (Å²) in [5.41, 5.74) is 3.20. The summed E-state index contributed by atoms with van der Waals surface area (Å²) in [6.07, 6.45) is 3.41. The molecule has 5 heteroatoms. The van der Waals surface area contributed by atoms with Crippen molar-refractivity contribution in [1.82, 2.24) is 15.0 Å². The van der Waals surface area contributed by atoms with Crippen LogP contribution in [0.5, 0.6) is 0 Å². The average molecular weight is 325 g/mol. The van der Waals surface area contributed by atoms with Crippen molar-refractivity contribution >= 4 is 5.91 Å². The Bertz CT molecular complexity index is 734. The molecule has 1 aromatic carbocycles. The van der Waals surface area contributed by atoms with E-state index in [4.69, 9.17) is 4.52 Å². The van der Waals surface area contributed by atoms with E-state index in [2.05, 4.69) is 17.1 Å². The Balaban J connectivity index is 1.64. The molecule has 0 saturated carbocycles. The molecule has 0 spiro atoms. The quantitative estimate of drug-likeness (QED) is 0.807. The fraction of sp³-hybridized carbons (Fsp3) is 0.421. The minimum atomic E-state index is 0.0966. The van der Waals surface area contributed by atoms with Gasteiger partial charge in [-0.2, -0.15) is 4.98 Å². The van der Waals surface area contributed by atoms with Crippen molar-refractivity contribution in [3.8, 4) is 11.4 Å². The average Bonchev–Trinajstić information content (AvgIpc) is 3.05. The Labute approximate surface area is 142 Å². The first kappa shape index (κ1) is 16.4. The molecular weight excluding hydrogens is 302 g/mol. The molecule has 126 valence electrons. The summed E-state index contributed by atoms with van der Waals surface area (Å²) in [4.78, 5) is 18.5. The van der Waals surface area contributed by atoms with Gasteiger partial charge in [0.15, 0.2) is 0 Å². The van der Waals surface area contributed by atoms with Crippen molar-refractivity contribution in [1.29, 1.82) is 0 Å². The SMILES string of the molecule is CC(C)=CC(=O)N1CCC(c2nc(-c3ccc(C)cc3)no2)CC1. The van der Waals surface area contributed by atoms with Crippen LogP contribution in [0.1, 0.15) is 44.1 Å². The zero-order chi connectivity index (χ0) is 17.1. The Morgan fingerprint density at radius 2 is 1.88 bits per heavy atom. The van der Waals surface area contributed by atoms with Crippen LogP contribution in [0.2, 0.25) is 0 Å². The number of amides is 1. The molecule has 2 heterocycles. The topological polar surface area (TPSA) is 59.2 Å². The Morgan fingerprint density at radius 1 is 1.21 bits per heavy atom. The van der Waals surface area contributed by atoms with Crippen LogP contribution in [-0.4, -0.2) is 34.0 Å². The number of piperidine rings is 1. The van der Waals surface area contributed by atoms with E-state index in [1.807, 2.05) is 43.0 Å². The number of aryl methyl sites for hydroxylation is 1. The second-order valence-electron chi connectivity index (χ2n) is 6.64. The van der Waals surface area contributed by atoms with E-state index < -0.39 is 0 Å². The fourth-order valence-electron chi connectivity index (χ4n) is 2.91. The van der Waals surface area contributed by atoms with Gasteiger partial charge in [-0.25, -0.2) is 0 Å². The summed E-state index contributed by atoms with van der Waals surface area (Å²) >= 11 is 0. The lowest BCUT2D eigenvalue weighted by Crippen LogP contribution is -2.37. The van der Waals surface area contributed by atoms with Gasteiger partial charge in [-0.05, 0) is 33.6 Å². The normalized spacial score (nSPS) is 15.4. The maximum Gasteiger partial charge on any atom is 0.246 e. The molecule has 1 amide bonds. The summed E-state index contributed by atoms with van der Waals surface area (Å²) in [6.45, 7) is 7.40. The van der Waals surface area contributed by atoms with Crippen LogP contribution in [0.25, 0.3) is 11.4 Å². The molecule has 1 fully saturated rings. The monoisotopic (exact) mass is 325 g/mol. The van der Waals surface area contributed by atoms with Crippen molar-refractivity contribution in [2.75, 3.05) is 13.1 Å². The predicted octanol–water partition coefficient (Wildman–Crippen LogP) is 3.72. The molecule has 1 aromatic heterocycles. The number of allylic oxidation sites excluding steroid dienone is 1. The largest absolute Gasteiger partial charge is 0.339 e. The molecule has 0 N–H and O–H groups in total. The van der Waals surface area contributed by atoms with Crippen molar-refractivity contribution in [2.24, 2.45) is 0 Å². The predicted molar refractivity (Wildman–Crippen MR) is 92.5 cm³/mol. The molecule has 5 nitrogen and oxygen atoms in total. The van der Waals surface area contributed by atoms with Crippen LogP contribution in [0.3, 0.4) is 0 Å². The van der Waals surface area contributed by atoms with E-state index in [9.17, 15) is 4.79 Å². The minimum absolute atomic E-state index is 0.0966. The maximum atomic E-state index is 12.1. The molecule has 0 atom stereocenters. The van der Waals surface area contributed by atoms with Gasteiger partial charge < -0.3 is 9.42 Å². The Kier molecular flexibility index (Phi) is 4.79. The number of benzene rings is 1. The lowest BCUT2D eigenvalue weighted by atomic mass is 9.96. The van der Waals surface area contributed by atoms with Crippen molar-refractivity contribution in [3.63, 3.8) is 0 Å². The molecule has 0 unspecified atom stereocenters. The number of nitrogens with zero attached hydrogens (tertiary/aromatic N) is 3. The third-order valence-corrected chi connectivity index (χ3v) is 4.32. The molecule has 3 rings (SSSR count). The number of rotatable bonds is 3. The van der Waals surface area contributed by atoms with Crippen molar-refractivity contribution < 1.29 is 9.32 Å². The second-order valence-corrected chi connectivity index (χ2v) is 6.64. The van der Waals surface area contributed by atoms with Crippen LogP contribution >= 0.6 is 0 Å². The van der Waals surface area contributed by atoms with E-state index >= 15 is 0 Å². The number of hydrogen-bond donors (Lipinski definition) is 0. The van der Waals surface area contributed by atoms with Gasteiger partial charge in [0.05, 0.1) is 0 Å². The van der Waals surface area contributed by atoms with Crippen molar-refractivity contribution in [3.05, 3.63) is 47.4 Å². The van der Waals surface area contributed by atoms with Crippen LogP contribution in [0.15, 0.2) is 40.4 Å². The van der Waals surface area contributed by atoms with E-state index in [0.717, 1.165) is 37.1 Å². The van der Waals surface area contributed by atoms with E-state index in [0.29, 0.717) is 11.7 Å². The van der Waals surface area contributed by atoms with Gasteiger partial charge >= 0.3 is 0 Å². The van der Waals surface area contributed by atoms with Crippen LogP contribution in [0.4, 0.5) is 0 Å². The van der Waals surface area contributed by atoms with Gasteiger partial charge in [0.2, 0.25) is 17.6 Å². The molecule has 1 aliphatic heterocycles. The lowest BCUT2D eigenvalue weighted by molar-refractivity contribution is -0.127. The molecule has 2 aromatic rings. The Morgan fingerprint density at radius 3 is 2.50 bits per heavy atom. The molecule has 0 radical (unpaired) electrons. The van der Waals surface area contributed by atoms with Crippen LogP contribution in [-0.2, 0) is 4.79 Å². The molecular formula is C19H23N3O2. The number of hydrogen-bond acceptors (Lipinski definition) is 4. The van der Waals surface area contributed by atoms with Gasteiger partial charge in [0.25, 0.3) is 0 Å². The van der Waals surface area contributed by atoms with Gasteiger partial charge in [0, 0.05) is 30.6 Å². The molecule has 0 bridgehead atoms. The highest BCUT2D eigenvalue weighted by Crippen LogP contribution is 2.28. The van der Waals surface area contributed by atoms with Crippen LogP contribution in [0, 0.1) is 6.92 Å². The maximum absolute atomic E-state index is 12.1. The molecule has 0 aliphatic carbocycles. The zero-order valence-electron chi connectivity index (χ0n) is 14.5. The Hall–Kier alpha value is -2.43. The van der Waals surface area contributed by atoms with Crippen molar-refractivity contribution in [2.45, 2.75) is 39.5 Å².